The van der Waals surface area contributed by atoms with Gasteiger partial charge in [0.15, 0.2) is 17.3 Å². The van der Waals surface area contributed by atoms with Gasteiger partial charge >= 0.3 is 0 Å². The molecule has 0 aliphatic carbocycles. The van der Waals surface area contributed by atoms with E-state index in [1.165, 1.54) is 27.4 Å². The zero-order valence-corrected chi connectivity index (χ0v) is 18.1. The smallest absolute Gasteiger partial charge is 0.239 e. The van der Waals surface area contributed by atoms with Gasteiger partial charge in [-0.3, -0.25) is 4.79 Å². The van der Waals surface area contributed by atoms with Gasteiger partial charge in [0.05, 0.1) is 21.3 Å². The Bertz CT molecular complexity index is 1270. The van der Waals surface area contributed by atoms with Crippen molar-refractivity contribution in [3.63, 3.8) is 0 Å². The summed E-state index contributed by atoms with van der Waals surface area (Å²) >= 11 is 0. The van der Waals surface area contributed by atoms with Crippen LogP contribution in [0.15, 0.2) is 39.6 Å². The van der Waals surface area contributed by atoms with Crippen LogP contribution in [0.2, 0.25) is 0 Å². The van der Waals surface area contributed by atoms with E-state index in [1.54, 1.807) is 12.1 Å². The summed E-state index contributed by atoms with van der Waals surface area (Å²) in [6, 6.07) is 4.67. The van der Waals surface area contributed by atoms with Crippen molar-refractivity contribution in [3.8, 4) is 40.1 Å². The molecule has 2 heterocycles. The molecule has 0 spiro atoms. The summed E-state index contributed by atoms with van der Waals surface area (Å²) < 4.78 is 28.7. The molecular weight excluding hydrogens is 400 g/mol. The Balaban J connectivity index is 2.07. The first-order valence-corrected chi connectivity index (χ1v) is 9.75. The highest BCUT2D eigenvalue weighted by atomic mass is 16.5. The third-order valence-corrected chi connectivity index (χ3v) is 5.58. The highest BCUT2D eigenvalue weighted by Gasteiger charge is 2.33. The lowest BCUT2D eigenvalue weighted by molar-refractivity contribution is 0.269. The fourth-order valence-electron chi connectivity index (χ4n) is 3.98. The maximum Gasteiger partial charge on any atom is 0.239 e. The molecule has 2 aromatic carbocycles. The van der Waals surface area contributed by atoms with Crippen molar-refractivity contribution >= 4 is 11.0 Å². The molecule has 7 nitrogen and oxygen atoms in total. The van der Waals surface area contributed by atoms with Gasteiger partial charge in [-0.2, -0.15) is 0 Å². The number of rotatable bonds is 5. The van der Waals surface area contributed by atoms with Gasteiger partial charge in [0.25, 0.3) is 0 Å². The minimum atomic E-state index is -0.354. The second-order valence-electron chi connectivity index (χ2n) is 7.51. The minimum absolute atomic E-state index is 0.0248. The van der Waals surface area contributed by atoms with E-state index < -0.39 is 0 Å². The summed E-state index contributed by atoms with van der Waals surface area (Å²) in [7, 11) is 4.37. The van der Waals surface area contributed by atoms with E-state index >= 15 is 0 Å². The first kappa shape index (κ1) is 20.7. The van der Waals surface area contributed by atoms with Crippen molar-refractivity contribution in [3.05, 3.63) is 51.7 Å². The molecule has 1 aliphatic rings. The average molecular weight is 424 g/mol. The van der Waals surface area contributed by atoms with Gasteiger partial charge in [0.1, 0.15) is 28.6 Å². The fraction of sp³-hybridized carbons (Fsp3) is 0.292. The molecule has 0 bridgehead atoms. The number of phenolic OH excluding ortho intramolecular Hbond substituents is 1. The summed E-state index contributed by atoms with van der Waals surface area (Å²) in [6.45, 7) is 7.74. The van der Waals surface area contributed by atoms with Crippen molar-refractivity contribution in [1.82, 2.24) is 0 Å². The van der Waals surface area contributed by atoms with Crippen molar-refractivity contribution in [1.29, 1.82) is 0 Å². The second-order valence-corrected chi connectivity index (χ2v) is 7.51. The van der Waals surface area contributed by atoms with E-state index in [0.717, 1.165) is 11.1 Å². The molecule has 7 heteroatoms. The summed E-state index contributed by atoms with van der Waals surface area (Å²) in [5.74, 6) is 1.54. The maximum atomic E-state index is 13.5. The maximum absolute atomic E-state index is 13.5. The van der Waals surface area contributed by atoms with Crippen LogP contribution in [0.3, 0.4) is 0 Å². The van der Waals surface area contributed by atoms with E-state index in [9.17, 15) is 9.90 Å². The molecule has 0 amide bonds. The topological polar surface area (TPSA) is 87.4 Å². The number of aromatic hydroxyl groups is 1. The lowest BCUT2D eigenvalue weighted by atomic mass is 9.99. The van der Waals surface area contributed by atoms with E-state index in [2.05, 4.69) is 6.58 Å². The quantitative estimate of drug-likeness (QED) is 0.608. The van der Waals surface area contributed by atoms with E-state index in [0.29, 0.717) is 40.0 Å². The molecule has 162 valence electrons. The van der Waals surface area contributed by atoms with E-state index in [4.69, 9.17) is 23.4 Å². The lowest BCUT2D eigenvalue weighted by Crippen LogP contribution is -2.13. The van der Waals surface area contributed by atoms with Gasteiger partial charge in [-0.15, -0.1) is 0 Å². The number of hydrogen-bond donors (Lipinski definition) is 1. The molecule has 1 aliphatic heterocycles. The molecule has 0 radical (unpaired) electrons. The van der Waals surface area contributed by atoms with Gasteiger partial charge in [-0.25, -0.2) is 0 Å². The minimum Gasteiger partial charge on any atom is -0.504 e. The van der Waals surface area contributed by atoms with Crippen LogP contribution >= 0.6 is 0 Å². The Morgan fingerprint density at radius 3 is 2.48 bits per heavy atom. The molecular formula is C24H24O7. The molecule has 0 fully saturated rings. The standard InChI is InChI=1S/C24H24O7/c1-11(2)16-10-14-20(30-16)12(3)21-18(23(14)28-5)19(26)24(29-6)22(31-21)13-7-8-15(25)17(9-13)27-4/h7-9,16,25H,1,10H2,2-6H3/t16-/m0/s1. The fourth-order valence-corrected chi connectivity index (χ4v) is 3.98. The van der Waals surface area contributed by atoms with Gasteiger partial charge in [-0.05, 0) is 37.6 Å². The number of fused-ring (bicyclic) bond motifs is 2. The number of aryl methyl sites for hydroxylation is 1. The predicted octanol–water partition coefficient (Wildman–Crippen LogP) is 4.38. The SMILES string of the molecule is C=C(C)[C@@H]1Cc2c(c(C)c3oc(-c4ccc(O)c(OC)c4)c(OC)c(=O)c3c2OC)O1. The Hall–Kier alpha value is -3.61. The molecule has 0 unspecified atom stereocenters. The highest BCUT2D eigenvalue weighted by Crippen LogP contribution is 2.47. The summed E-state index contributed by atoms with van der Waals surface area (Å²) in [6.07, 6.45) is 0.362. The summed E-state index contributed by atoms with van der Waals surface area (Å²) in [5, 5.41) is 10.2. The van der Waals surface area contributed by atoms with Crippen LogP contribution in [-0.2, 0) is 6.42 Å². The van der Waals surface area contributed by atoms with Crippen LogP contribution in [0.1, 0.15) is 18.1 Å². The van der Waals surface area contributed by atoms with Gasteiger partial charge in [-0.1, -0.05) is 6.58 Å². The van der Waals surface area contributed by atoms with Crippen molar-refractivity contribution in [2.24, 2.45) is 0 Å². The normalized spacial score (nSPS) is 14.8. The molecule has 1 atom stereocenters. The van der Waals surface area contributed by atoms with E-state index in [-0.39, 0.29) is 34.5 Å². The Kier molecular flexibility index (Phi) is 5.05. The zero-order chi connectivity index (χ0) is 22.4. The van der Waals surface area contributed by atoms with Crippen molar-refractivity contribution < 1.29 is 28.5 Å². The largest absolute Gasteiger partial charge is 0.504 e. The highest BCUT2D eigenvalue weighted by molar-refractivity contribution is 5.93. The molecule has 1 aromatic heterocycles. The summed E-state index contributed by atoms with van der Waals surface area (Å²) in [4.78, 5) is 13.5. The van der Waals surface area contributed by atoms with Crippen LogP contribution < -0.4 is 24.4 Å². The molecule has 3 aromatic rings. The van der Waals surface area contributed by atoms with Crippen molar-refractivity contribution in [2.75, 3.05) is 21.3 Å². The monoisotopic (exact) mass is 424 g/mol. The number of ether oxygens (including phenoxy) is 4. The molecule has 4 rings (SSSR count). The third kappa shape index (κ3) is 3.08. The van der Waals surface area contributed by atoms with Crippen molar-refractivity contribution in [2.45, 2.75) is 26.4 Å². The number of benzene rings is 2. The second kappa shape index (κ2) is 7.58. The average Bonchev–Trinajstić information content (AvgIpc) is 3.21. The van der Waals surface area contributed by atoms with Gasteiger partial charge < -0.3 is 28.5 Å². The van der Waals surface area contributed by atoms with Crippen LogP contribution in [0.25, 0.3) is 22.3 Å². The Morgan fingerprint density at radius 2 is 1.87 bits per heavy atom. The van der Waals surface area contributed by atoms with Crippen LogP contribution in [0.5, 0.6) is 28.7 Å². The molecule has 0 saturated heterocycles. The zero-order valence-electron chi connectivity index (χ0n) is 18.1. The van der Waals surface area contributed by atoms with Crippen LogP contribution in [-0.4, -0.2) is 32.5 Å². The Morgan fingerprint density at radius 1 is 1.16 bits per heavy atom. The van der Waals surface area contributed by atoms with Gasteiger partial charge in [0.2, 0.25) is 11.2 Å². The van der Waals surface area contributed by atoms with E-state index in [1.807, 2.05) is 13.8 Å². The van der Waals surface area contributed by atoms with Crippen LogP contribution in [0.4, 0.5) is 0 Å². The predicted molar refractivity (Wildman–Crippen MR) is 117 cm³/mol. The molecule has 1 N–H and O–H groups in total. The summed E-state index contributed by atoms with van der Waals surface area (Å²) in [5.41, 5.74) is 2.91. The van der Waals surface area contributed by atoms with Crippen LogP contribution in [0, 0.1) is 6.92 Å². The lowest BCUT2D eigenvalue weighted by Gasteiger charge is -2.16. The number of methoxy groups -OCH3 is 3. The first-order chi connectivity index (χ1) is 14.8. The number of hydrogen-bond acceptors (Lipinski definition) is 7. The third-order valence-electron chi connectivity index (χ3n) is 5.58. The Labute approximate surface area is 179 Å². The molecule has 31 heavy (non-hydrogen) atoms. The first-order valence-electron chi connectivity index (χ1n) is 9.75. The number of phenols is 1. The van der Waals surface area contributed by atoms with Gasteiger partial charge in [0, 0.05) is 23.1 Å². The molecule has 0 saturated carbocycles.